The number of nitrogens with zero attached hydrogens (tertiary/aromatic N) is 2. The molecule has 0 aliphatic rings. The van der Waals surface area contributed by atoms with Gasteiger partial charge in [-0.2, -0.15) is 8.78 Å². The van der Waals surface area contributed by atoms with Crippen LogP contribution in [0.4, 0.5) is 8.78 Å². The number of aryl methyl sites for hydroxylation is 1. The Hall–Kier alpha value is -2.89. The fourth-order valence-electron chi connectivity index (χ4n) is 2.99. The van der Waals surface area contributed by atoms with Crippen LogP contribution in [-0.4, -0.2) is 38.3 Å². The number of methoxy groups -OCH3 is 1. The van der Waals surface area contributed by atoms with Crippen molar-refractivity contribution >= 4 is 29.9 Å². The van der Waals surface area contributed by atoms with Gasteiger partial charge in [0.15, 0.2) is 5.96 Å². The summed E-state index contributed by atoms with van der Waals surface area (Å²) >= 11 is 0. The van der Waals surface area contributed by atoms with E-state index >= 15 is 0 Å². The number of nitrogens with one attached hydrogen (secondary N) is 2. The third kappa shape index (κ3) is 7.88. The molecule has 0 aliphatic carbocycles. The summed E-state index contributed by atoms with van der Waals surface area (Å²) in [7, 11) is 3.14. The molecule has 1 aromatic heterocycles. The van der Waals surface area contributed by atoms with E-state index in [4.69, 9.17) is 9.15 Å². The number of benzene rings is 2. The maximum absolute atomic E-state index is 12.7. The lowest BCUT2D eigenvalue weighted by atomic mass is 10.1. The number of hydrogen-bond donors (Lipinski definition) is 2. The van der Waals surface area contributed by atoms with E-state index < -0.39 is 6.61 Å². The lowest BCUT2D eigenvalue weighted by Crippen LogP contribution is -2.38. The summed E-state index contributed by atoms with van der Waals surface area (Å²) in [6.45, 7) is -0.108. The molecule has 7 nitrogen and oxygen atoms in total. The standard InChI is InChI=1S/C23H26F2N4O3.HI/c1-15-4-6-16(7-5-15)21-29-18(14-31-21)10-11-27-23(26-2)28-13-17-12-19(30-3)8-9-20(17)32-22(24)25;/h4-9,12,14,22H,10-11,13H2,1-3H3,(H2,26,27,28);1H. The summed E-state index contributed by atoms with van der Waals surface area (Å²) in [5.41, 5.74) is 3.42. The van der Waals surface area contributed by atoms with Crippen molar-refractivity contribution in [3.05, 3.63) is 65.5 Å². The van der Waals surface area contributed by atoms with Gasteiger partial charge in [-0.05, 0) is 37.3 Å². The second-order valence-corrected chi connectivity index (χ2v) is 6.96. The van der Waals surface area contributed by atoms with Gasteiger partial charge >= 0.3 is 6.61 Å². The van der Waals surface area contributed by atoms with E-state index in [0.717, 1.165) is 11.3 Å². The zero-order valence-corrected chi connectivity index (χ0v) is 20.9. The quantitative estimate of drug-likeness (QED) is 0.218. The van der Waals surface area contributed by atoms with Gasteiger partial charge in [-0.15, -0.1) is 24.0 Å². The Balaban J connectivity index is 0.00000385. The summed E-state index contributed by atoms with van der Waals surface area (Å²) in [6, 6.07) is 12.6. The third-order valence-corrected chi connectivity index (χ3v) is 4.68. The van der Waals surface area contributed by atoms with Gasteiger partial charge in [-0.3, -0.25) is 4.99 Å². The minimum Gasteiger partial charge on any atom is -0.497 e. The number of aliphatic imine (C=N–C) groups is 1. The first-order valence-corrected chi connectivity index (χ1v) is 10.1. The van der Waals surface area contributed by atoms with Crippen molar-refractivity contribution in [2.75, 3.05) is 20.7 Å². The Bertz CT molecular complexity index is 1040. The third-order valence-electron chi connectivity index (χ3n) is 4.68. The molecule has 10 heteroatoms. The number of hydrogen-bond acceptors (Lipinski definition) is 5. The van der Waals surface area contributed by atoms with Crippen molar-refractivity contribution in [3.8, 4) is 23.0 Å². The summed E-state index contributed by atoms with van der Waals surface area (Å²) in [6.07, 6.45) is 2.26. The highest BCUT2D eigenvalue weighted by molar-refractivity contribution is 14.0. The molecule has 0 fully saturated rings. The molecule has 33 heavy (non-hydrogen) atoms. The van der Waals surface area contributed by atoms with Crippen LogP contribution >= 0.6 is 24.0 Å². The Kier molecular flexibility index (Phi) is 10.4. The SMILES string of the molecule is CN=C(NCCc1coc(-c2ccc(C)cc2)n1)NCc1cc(OC)ccc1OC(F)F.I. The highest BCUT2D eigenvalue weighted by Crippen LogP contribution is 2.25. The number of alkyl halides is 2. The molecule has 1 heterocycles. The summed E-state index contributed by atoms with van der Waals surface area (Å²) < 4.78 is 40.7. The number of ether oxygens (including phenoxy) is 2. The predicted molar refractivity (Wildman–Crippen MR) is 134 cm³/mol. The molecule has 0 amide bonds. The van der Waals surface area contributed by atoms with Gasteiger partial charge in [0.1, 0.15) is 17.8 Å². The van der Waals surface area contributed by atoms with Gasteiger partial charge in [0.25, 0.3) is 0 Å². The smallest absolute Gasteiger partial charge is 0.387 e. The highest BCUT2D eigenvalue weighted by atomic mass is 127. The van der Waals surface area contributed by atoms with E-state index in [1.807, 2.05) is 31.2 Å². The normalized spacial score (nSPS) is 11.2. The van der Waals surface area contributed by atoms with E-state index in [9.17, 15) is 8.78 Å². The Morgan fingerprint density at radius 2 is 1.91 bits per heavy atom. The molecular formula is C23H27F2IN4O3. The van der Waals surface area contributed by atoms with Crippen molar-refractivity contribution in [2.24, 2.45) is 4.99 Å². The summed E-state index contributed by atoms with van der Waals surface area (Å²) in [5, 5.41) is 6.26. The lowest BCUT2D eigenvalue weighted by Gasteiger charge is -2.15. The number of aromatic nitrogens is 1. The Labute approximate surface area is 208 Å². The highest BCUT2D eigenvalue weighted by Gasteiger charge is 2.12. The van der Waals surface area contributed by atoms with Crippen molar-refractivity contribution in [1.82, 2.24) is 15.6 Å². The van der Waals surface area contributed by atoms with Gasteiger partial charge in [0.2, 0.25) is 5.89 Å². The van der Waals surface area contributed by atoms with Crippen LogP contribution in [0.2, 0.25) is 0 Å². The van der Waals surface area contributed by atoms with Crippen LogP contribution in [0.1, 0.15) is 16.8 Å². The minimum atomic E-state index is -2.91. The molecule has 0 saturated heterocycles. The summed E-state index contributed by atoms with van der Waals surface area (Å²) in [5.74, 6) is 1.71. The molecule has 0 aliphatic heterocycles. The molecule has 0 atom stereocenters. The van der Waals surface area contributed by atoms with E-state index in [2.05, 4.69) is 25.3 Å². The fourth-order valence-corrected chi connectivity index (χ4v) is 2.99. The van der Waals surface area contributed by atoms with E-state index in [-0.39, 0.29) is 36.3 Å². The van der Waals surface area contributed by atoms with Crippen LogP contribution in [-0.2, 0) is 13.0 Å². The Morgan fingerprint density at radius 1 is 1.15 bits per heavy atom. The number of oxazole rings is 1. The molecule has 0 saturated carbocycles. The molecule has 3 rings (SSSR count). The van der Waals surface area contributed by atoms with Crippen molar-refractivity contribution in [2.45, 2.75) is 26.5 Å². The van der Waals surface area contributed by atoms with Crippen molar-refractivity contribution in [1.29, 1.82) is 0 Å². The van der Waals surface area contributed by atoms with Crippen LogP contribution in [0.25, 0.3) is 11.5 Å². The molecule has 3 aromatic rings. The molecule has 0 unspecified atom stereocenters. The van der Waals surface area contributed by atoms with Gasteiger partial charge in [0, 0.05) is 37.7 Å². The van der Waals surface area contributed by atoms with Crippen molar-refractivity contribution in [3.63, 3.8) is 0 Å². The zero-order chi connectivity index (χ0) is 22.9. The van der Waals surface area contributed by atoms with Gasteiger partial charge < -0.3 is 24.5 Å². The van der Waals surface area contributed by atoms with Crippen LogP contribution in [0, 0.1) is 6.92 Å². The average molecular weight is 572 g/mol. The second kappa shape index (κ2) is 13.0. The molecule has 0 spiro atoms. The number of guanidine groups is 1. The van der Waals surface area contributed by atoms with Gasteiger partial charge in [0.05, 0.1) is 12.8 Å². The van der Waals surface area contributed by atoms with Gasteiger partial charge in [-0.25, -0.2) is 4.98 Å². The molecule has 0 bridgehead atoms. The zero-order valence-electron chi connectivity index (χ0n) is 18.6. The predicted octanol–water partition coefficient (Wildman–Crippen LogP) is 4.79. The first kappa shape index (κ1) is 26.4. The Morgan fingerprint density at radius 3 is 2.58 bits per heavy atom. The number of halogens is 3. The first-order chi connectivity index (χ1) is 15.5. The average Bonchev–Trinajstić information content (AvgIpc) is 3.26. The largest absolute Gasteiger partial charge is 0.497 e. The first-order valence-electron chi connectivity index (χ1n) is 10.1. The van der Waals surface area contributed by atoms with Gasteiger partial charge in [-0.1, -0.05) is 17.7 Å². The maximum atomic E-state index is 12.7. The maximum Gasteiger partial charge on any atom is 0.387 e. The van der Waals surface area contributed by atoms with Crippen LogP contribution in [0.3, 0.4) is 0 Å². The van der Waals surface area contributed by atoms with Crippen LogP contribution in [0.15, 0.2) is 58.1 Å². The van der Waals surface area contributed by atoms with Crippen molar-refractivity contribution < 1.29 is 22.7 Å². The molecule has 178 valence electrons. The van der Waals surface area contributed by atoms with E-state index in [0.29, 0.717) is 36.1 Å². The van der Waals surface area contributed by atoms with E-state index in [1.165, 1.54) is 18.7 Å². The monoisotopic (exact) mass is 572 g/mol. The van der Waals surface area contributed by atoms with E-state index in [1.54, 1.807) is 25.4 Å². The minimum absolute atomic E-state index is 0. The number of rotatable bonds is 9. The molecule has 0 radical (unpaired) electrons. The van der Waals surface area contributed by atoms with Crippen LogP contribution < -0.4 is 20.1 Å². The molecular weight excluding hydrogens is 545 g/mol. The fraction of sp³-hybridized carbons (Fsp3) is 0.304. The second-order valence-electron chi connectivity index (χ2n) is 6.96. The van der Waals surface area contributed by atoms with Crippen LogP contribution in [0.5, 0.6) is 11.5 Å². The summed E-state index contributed by atoms with van der Waals surface area (Å²) in [4.78, 5) is 8.68. The molecule has 2 aromatic carbocycles. The topological polar surface area (TPSA) is 80.9 Å². The lowest BCUT2D eigenvalue weighted by molar-refractivity contribution is -0.0505. The molecule has 2 N–H and O–H groups in total.